The van der Waals surface area contributed by atoms with Crippen molar-refractivity contribution in [1.82, 2.24) is 0 Å². The van der Waals surface area contributed by atoms with Crippen LogP contribution in [0.2, 0.25) is 0 Å². The van der Waals surface area contributed by atoms with E-state index in [0.29, 0.717) is 18.9 Å². The third-order valence-corrected chi connectivity index (χ3v) is 3.69. The minimum Gasteiger partial charge on any atom is -0.467 e. The number of ether oxygens (including phenoxy) is 1. The van der Waals surface area contributed by atoms with Gasteiger partial charge in [0.2, 0.25) is 5.91 Å². The summed E-state index contributed by atoms with van der Waals surface area (Å²) in [5, 5.41) is 2.65. The maximum Gasteiger partial charge on any atom is 0.248 e. The minimum atomic E-state index is -0.727. The molecule has 0 aliphatic carbocycles. The van der Waals surface area contributed by atoms with Crippen LogP contribution in [0.25, 0.3) is 6.08 Å². The predicted molar refractivity (Wildman–Crippen MR) is 97.7 cm³/mol. The second-order valence-electron chi connectivity index (χ2n) is 5.73. The molecule has 3 aromatic rings. The Morgan fingerprint density at radius 1 is 1.04 bits per heavy atom. The molecule has 138 valence electrons. The van der Waals surface area contributed by atoms with Gasteiger partial charge in [0.15, 0.2) is 0 Å². The normalized spacial score (nSPS) is 11.0. The summed E-state index contributed by atoms with van der Waals surface area (Å²) >= 11 is 0. The fourth-order valence-electron chi connectivity index (χ4n) is 2.42. The number of carbonyl (C=O) groups is 1. The average molecular weight is 369 g/mol. The lowest BCUT2D eigenvalue weighted by atomic mass is 10.2. The highest BCUT2D eigenvalue weighted by Crippen LogP contribution is 2.15. The number of rotatable bonds is 7. The Balaban J connectivity index is 1.57. The Kier molecular flexibility index (Phi) is 6.12. The highest BCUT2D eigenvalue weighted by Gasteiger charge is 2.06. The van der Waals surface area contributed by atoms with Crippen LogP contribution in [-0.2, 0) is 22.7 Å². The summed E-state index contributed by atoms with van der Waals surface area (Å²) in [6, 6.07) is 14.3. The number of halogens is 2. The summed E-state index contributed by atoms with van der Waals surface area (Å²) in [6.45, 7) is 0.696. The Labute approximate surface area is 155 Å². The van der Waals surface area contributed by atoms with Crippen LogP contribution in [0.4, 0.5) is 14.5 Å². The van der Waals surface area contributed by atoms with Gasteiger partial charge in [0.25, 0.3) is 0 Å². The molecule has 0 saturated carbocycles. The lowest BCUT2D eigenvalue weighted by Crippen LogP contribution is -2.08. The second-order valence-corrected chi connectivity index (χ2v) is 5.73. The van der Waals surface area contributed by atoms with E-state index >= 15 is 0 Å². The molecule has 1 N–H and O–H groups in total. The lowest BCUT2D eigenvalue weighted by molar-refractivity contribution is -0.111. The van der Waals surface area contributed by atoms with Crippen molar-refractivity contribution < 1.29 is 22.7 Å². The molecule has 1 aromatic heterocycles. The van der Waals surface area contributed by atoms with Crippen molar-refractivity contribution in [3.05, 3.63) is 95.5 Å². The monoisotopic (exact) mass is 369 g/mol. The zero-order chi connectivity index (χ0) is 19.1. The van der Waals surface area contributed by atoms with E-state index in [1.807, 2.05) is 12.1 Å². The van der Waals surface area contributed by atoms with Crippen molar-refractivity contribution in [2.45, 2.75) is 13.2 Å². The third kappa shape index (κ3) is 5.36. The third-order valence-electron chi connectivity index (χ3n) is 3.69. The first kappa shape index (κ1) is 18.5. The second kappa shape index (κ2) is 8.91. The van der Waals surface area contributed by atoms with Crippen molar-refractivity contribution in [2.24, 2.45) is 0 Å². The van der Waals surface area contributed by atoms with E-state index in [1.54, 1.807) is 30.5 Å². The number of furan rings is 1. The van der Waals surface area contributed by atoms with Crippen LogP contribution in [-0.4, -0.2) is 5.91 Å². The highest BCUT2D eigenvalue weighted by atomic mass is 19.1. The molecular weight excluding hydrogens is 352 g/mol. The van der Waals surface area contributed by atoms with Gasteiger partial charge in [-0.05, 0) is 48.0 Å². The maximum absolute atomic E-state index is 13.6. The van der Waals surface area contributed by atoms with Crippen LogP contribution in [0.15, 0.2) is 71.4 Å². The van der Waals surface area contributed by atoms with Gasteiger partial charge in [0, 0.05) is 17.3 Å². The van der Waals surface area contributed by atoms with Gasteiger partial charge < -0.3 is 14.5 Å². The summed E-state index contributed by atoms with van der Waals surface area (Å²) in [6.07, 6.45) is 3.77. The van der Waals surface area contributed by atoms with Crippen LogP contribution >= 0.6 is 0 Å². The van der Waals surface area contributed by atoms with E-state index in [2.05, 4.69) is 5.32 Å². The Morgan fingerprint density at radius 2 is 1.81 bits per heavy atom. The van der Waals surface area contributed by atoms with Crippen molar-refractivity contribution in [3.8, 4) is 0 Å². The molecular formula is C21H17F2NO3. The Bertz CT molecular complexity index is 916. The molecule has 2 aromatic carbocycles. The molecule has 4 nitrogen and oxygen atoms in total. The summed E-state index contributed by atoms with van der Waals surface area (Å²) in [4.78, 5) is 12.0. The average Bonchev–Trinajstić information content (AvgIpc) is 3.15. The number of amides is 1. The van der Waals surface area contributed by atoms with Gasteiger partial charge in [0.1, 0.15) is 24.0 Å². The number of hydrogen-bond acceptors (Lipinski definition) is 3. The van der Waals surface area contributed by atoms with Crippen molar-refractivity contribution >= 4 is 17.7 Å². The molecule has 0 fully saturated rings. The zero-order valence-electron chi connectivity index (χ0n) is 14.3. The number of anilines is 1. The van der Waals surface area contributed by atoms with Crippen LogP contribution in [0.1, 0.15) is 16.9 Å². The Hall–Kier alpha value is -3.25. The van der Waals surface area contributed by atoms with Gasteiger partial charge in [-0.2, -0.15) is 0 Å². The van der Waals surface area contributed by atoms with E-state index in [4.69, 9.17) is 9.15 Å². The van der Waals surface area contributed by atoms with Crippen molar-refractivity contribution in [1.29, 1.82) is 0 Å². The fraction of sp³-hybridized carbons (Fsp3) is 0.0952. The minimum absolute atomic E-state index is 0.257. The van der Waals surface area contributed by atoms with Gasteiger partial charge in [-0.3, -0.25) is 4.79 Å². The summed E-state index contributed by atoms with van der Waals surface area (Å²) < 4.78 is 37.9. The molecule has 6 heteroatoms. The topological polar surface area (TPSA) is 51.5 Å². The van der Waals surface area contributed by atoms with E-state index in [9.17, 15) is 13.6 Å². The Morgan fingerprint density at radius 3 is 2.56 bits per heavy atom. The van der Waals surface area contributed by atoms with Crippen LogP contribution in [0, 0.1) is 11.6 Å². The molecule has 0 bridgehead atoms. The molecule has 0 unspecified atom stereocenters. The first-order valence-electron chi connectivity index (χ1n) is 8.24. The zero-order valence-corrected chi connectivity index (χ0v) is 14.3. The first-order valence-corrected chi connectivity index (χ1v) is 8.24. The number of carbonyl (C=O) groups excluding carboxylic acids is 1. The SMILES string of the molecule is O=C(/C=C/c1c(F)cccc1F)Nc1cccc(COCc2ccco2)c1. The predicted octanol–water partition coefficient (Wildman–Crippen LogP) is 4.93. The molecule has 3 rings (SSSR count). The number of hydrogen-bond donors (Lipinski definition) is 1. The number of nitrogens with one attached hydrogen (secondary N) is 1. The molecule has 1 amide bonds. The smallest absolute Gasteiger partial charge is 0.248 e. The van der Waals surface area contributed by atoms with Crippen molar-refractivity contribution in [3.63, 3.8) is 0 Å². The van der Waals surface area contributed by atoms with Crippen LogP contribution < -0.4 is 5.32 Å². The lowest BCUT2D eigenvalue weighted by Gasteiger charge is -2.06. The van der Waals surface area contributed by atoms with E-state index in [1.165, 1.54) is 6.07 Å². The van der Waals surface area contributed by atoms with Crippen molar-refractivity contribution in [2.75, 3.05) is 5.32 Å². The van der Waals surface area contributed by atoms with E-state index in [0.717, 1.165) is 35.6 Å². The maximum atomic E-state index is 13.6. The van der Waals surface area contributed by atoms with Gasteiger partial charge in [-0.1, -0.05) is 18.2 Å². The molecule has 0 radical (unpaired) electrons. The highest BCUT2D eigenvalue weighted by molar-refractivity contribution is 6.01. The van der Waals surface area contributed by atoms with Gasteiger partial charge in [0.05, 0.1) is 12.9 Å². The molecule has 1 heterocycles. The molecule has 0 saturated heterocycles. The van der Waals surface area contributed by atoms with E-state index < -0.39 is 17.5 Å². The quantitative estimate of drug-likeness (QED) is 0.601. The standard InChI is InChI=1S/C21H17F2NO3/c22-19-7-2-8-20(23)18(19)9-10-21(25)24-16-5-1-4-15(12-16)13-26-14-17-6-3-11-27-17/h1-12H,13-14H2,(H,24,25)/b10-9+. The largest absolute Gasteiger partial charge is 0.467 e. The van der Waals surface area contributed by atoms with E-state index in [-0.39, 0.29) is 5.56 Å². The van der Waals surface area contributed by atoms with Gasteiger partial charge in [-0.25, -0.2) is 8.78 Å². The summed E-state index contributed by atoms with van der Waals surface area (Å²) in [5.74, 6) is -1.22. The molecule has 0 aliphatic rings. The van der Waals surface area contributed by atoms with Crippen LogP contribution in [0.5, 0.6) is 0 Å². The summed E-state index contributed by atoms with van der Waals surface area (Å²) in [5.41, 5.74) is 1.16. The fourth-order valence-corrected chi connectivity index (χ4v) is 2.42. The molecule has 0 spiro atoms. The molecule has 0 aliphatic heterocycles. The summed E-state index contributed by atoms with van der Waals surface area (Å²) in [7, 11) is 0. The van der Waals surface area contributed by atoms with Gasteiger partial charge >= 0.3 is 0 Å². The van der Waals surface area contributed by atoms with Crippen LogP contribution in [0.3, 0.4) is 0 Å². The van der Waals surface area contributed by atoms with Gasteiger partial charge in [-0.15, -0.1) is 0 Å². The molecule has 27 heavy (non-hydrogen) atoms. The molecule has 0 atom stereocenters. The number of benzene rings is 2. The first-order chi connectivity index (χ1) is 13.1.